The summed E-state index contributed by atoms with van der Waals surface area (Å²) in [6.45, 7) is 0.644. The maximum absolute atomic E-state index is 12.1. The average molecular weight is 354 g/mol. The molecule has 1 aliphatic heterocycles. The van der Waals surface area contributed by atoms with Gasteiger partial charge in [0.05, 0.1) is 0 Å². The van der Waals surface area contributed by atoms with E-state index < -0.39 is 11.9 Å². The van der Waals surface area contributed by atoms with Gasteiger partial charge in [-0.2, -0.15) is 0 Å². The molecule has 0 saturated heterocycles. The number of rotatable bonds is 8. The van der Waals surface area contributed by atoms with Crippen LogP contribution >= 0.6 is 0 Å². The SMILES string of the molecule is O=C(C[C@H](Cc1ccccc1)C(=O)[O-])NCCc1ccc2c(c1)OCO2. The summed E-state index contributed by atoms with van der Waals surface area (Å²) in [4.78, 5) is 23.4. The summed E-state index contributed by atoms with van der Waals surface area (Å²) in [5.41, 5.74) is 1.88. The van der Waals surface area contributed by atoms with Gasteiger partial charge < -0.3 is 24.7 Å². The predicted octanol–water partition coefficient (Wildman–Crippen LogP) is 1.07. The molecule has 0 radical (unpaired) electrons. The standard InChI is InChI=1S/C20H21NO5/c22-19(12-16(20(23)24)10-14-4-2-1-3-5-14)21-9-8-15-6-7-17-18(11-15)26-13-25-17/h1-7,11,16H,8-10,12-13H2,(H,21,22)(H,23,24)/p-1/t16-/m0/s1. The minimum Gasteiger partial charge on any atom is -0.550 e. The van der Waals surface area contributed by atoms with Crippen molar-refractivity contribution in [2.75, 3.05) is 13.3 Å². The first-order chi connectivity index (χ1) is 12.6. The maximum atomic E-state index is 12.1. The van der Waals surface area contributed by atoms with Gasteiger partial charge in [0, 0.05) is 24.9 Å². The van der Waals surface area contributed by atoms with E-state index in [2.05, 4.69) is 5.32 Å². The lowest BCUT2D eigenvalue weighted by Gasteiger charge is -2.17. The van der Waals surface area contributed by atoms with Gasteiger partial charge in [0.1, 0.15) is 0 Å². The van der Waals surface area contributed by atoms with E-state index in [9.17, 15) is 14.7 Å². The number of benzene rings is 2. The number of carbonyl (C=O) groups excluding carboxylic acids is 2. The van der Waals surface area contributed by atoms with Crippen LogP contribution in [0.15, 0.2) is 48.5 Å². The number of fused-ring (bicyclic) bond motifs is 1. The van der Waals surface area contributed by atoms with Crippen molar-refractivity contribution in [3.05, 3.63) is 59.7 Å². The Morgan fingerprint density at radius 1 is 1.04 bits per heavy atom. The molecule has 3 rings (SSSR count). The van der Waals surface area contributed by atoms with Crippen LogP contribution in [0.25, 0.3) is 0 Å². The smallest absolute Gasteiger partial charge is 0.231 e. The first-order valence-electron chi connectivity index (χ1n) is 8.52. The van der Waals surface area contributed by atoms with Crippen LogP contribution in [0, 0.1) is 5.92 Å². The molecule has 1 heterocycles. The second-order valence-electron chi connectivity index (χ2n) is 6.20. The minimum atomic E-state index is -1.21. The molecule has 1 aliphatic rings. The van der Waals surface area contributed by atoms with Crippen molar-refractivity contribution < 1.29 is 24.2 Å². The summed E-state index contributed by atoms with van der Waals surface area (Å²) in [7, 11) is 0. The molecule has 0 spiro atoms. The van der Waals surface area contributed by atoms with Crippen LogP contribution in [0.5, 0.6) is 11.5 Å². The lowest BCUT2D eigenvalue weighted by atomic mass is 9.96. The number of carboxylic acids is 1. The van der Waals surface area contributed by atoms with Gasteiger partial charge >= 0.3 is 0 Å². The van der Waals surface area contributed by atoms with Crippen LogP contribution in [0.1, 0.15) is 17.5 Å². The maximum Gasteiger partial charge on any atom is 0.231 e. The molecule has 136 valence electrons. The fourth-order valence-corrected chi connectivity index (χ4v) is 2.88. The number of nitrogens with one attached hydrogen (secondary N) is 1. The summed E-state index contributed by atoms with van der Waals surface area (Å²) in [5, 5.41) is 14.1. The second kappa shape index (κ2) is 8.38. The third kappa shape index (κ3) is 4.75. The number of aliphatic carboxylic acids is 1. The normalized spacial score (nSPS) is 13.2. The van der Waals surface area contributed by atoms with Crippen molar-refractivity contribution in [3.63, 3.8) is 0 Å². The molecule has 1 atom stereocenters. The van der Waals surface area contributed by atoms with Crippen molar-refractivity contribution >= 4 is 11.9 Å². The molecule has 0 saturated carbocycles. The lowest BCUT2D eigenvalue weighted by molar-refractivity contribution is -0.311. The molecule has 6 heteroatoms. The highest BCUT2D eigenvalue weighted by Crippen LogP contribution is 2.32. The Hall–Kier alpha value is -3.02. The molecule has 2 aromatic carbocycles. The van der Waals surface area contributed by atoms with Crippen LogP contribution < -0.4 is 19.9 Å². The zero-order valence-electron chi connectivity index (χ0n) is 14.3. The molecule has 0 aromatic heterocycles. The Balaban J connectivity index is 1.47. The zero-order chi connectivity index (χ0) is 18.4. The number of amides is 1. The van der Waals surface area contributed by atoms with Crippen molar-refractivity contribution in [3.8, 4) is 11.5 Å². The molecule has 0 unspecified atom stereocenters. The molecule has 6 nitrogen and oxygen atoms in total. The van der Waals surface area contributed by atoms with Crippen LogP contribution in [0.3, 0.4) is 0 Å². The number of carboxylic acid groups (broad SMARTS) is 1. The first kappa shape index (κ1) is 17.8. The Morgan fingerprint density at radius 3 is 2.58 bits per heavy atom. The van der Waals surface area contributed by atoms with E-state index in [1.807, 2.05) is 48.5 Å². The largest absolute Gasteiger partial charge is 0.550 e. The van der Waals surface area contributed by atoms with Gasteiger partial charge in [0.25, 0.3) is 0 Å². The Labute approximate surface area is 151 Å². The van der Waals surface area contributed by atoms with Gasteiger partial charge in [-0.3, -0.25) is 4.79 Å². The molecule has 0 aliphatic carbocycles. The summed E-state index contributed by atoms with van der Waals surface area (Å²) >= 11 is 0. The predicted molar refractivity (Wildman–Crippen MR) is 92.5 cm³/mol. The van der Waals surface area contributed by atoms with Crippen LogP contribution in [-0.2, 0) is 22.4 Å². The van der Waals surface area contributed by atoms with Gasteiger partial charge in [0.15, 0.2) is 11.5 Å². The van der Waals surface area contributed by atoms with Crippen molar-refractivity contribution in [2.24, 2.45) is 5.92 Å². The fourth-order valence-electron chi connectivity index (χ4n) is 2.88. The second-order valence-corrected chi connectivity index (χ2v) is 6.20. The molecule has 26 heavy (non-hydrogen) atoms. The van der Waals surface area contributed by atoms with E-state index in [1.165, 1.54) is 0 Å². The number of carbonyl (C=O) groups is 2. The highest BCUT2D eigenvalue weighted by Gasteiger charge is 2.16. The topological polar surface area (TPSA) is 87.7 Å². The molecule has 0 bridgehead atoms. The zero-order valence-corrected chi connectivity index (χ0v) is 14.3. The molecule has 0 fully saturated rings. The molecule has 1 N–H and O–H groups in total. The lowest BCUT2D eigenvalue weighted by Crippen LogP contribution is -2.37. The molecular formula is C20H20NO5-. The minimum absolute atomic E-state index is 0.0988. The highest BCUT2D eigenvalue weighted by atomic mass is 16.7. The summed E-state index contributed by atoms with van der Waals surface area (Å²) in [6.07, 6.45) is 0.800. The molecular weight excluding hydrogens is 334 g/mol. The van der Waals surface area contributed by atoms with Crippen molar-refractivity contribution in [1.29, 1.82) is 0 Å². The average Bonchev–Trinajstić information content (AvgIpc) is 3.10. The number of ether oxygens (including phenoxy) is 2. The van der Waals surface area contributed by atoms with E-state index in [1.54, 1.807) is 0 Å². The van der Waals surface area contributed by atoms with E-state index in [0.717, 1.165) is 16.9 Å². The quantitative estimate of drug-likeness (QED) is 0.766. The van der Waals surface area contributed by atoms with Gasteiger partial charge in [-0.1, -0.05) is 36.4 Å². The van der Waals surface area contributed by atoms with Gasteiger partial charge in [0.2, 0.25) is 12.7 Å². The third-order valence-corrected chi connectivity index (χ3v) is 4.26. The van der Waals surface area contributed by atoms with E-state index >= 15 is 0 Å². The van der Waals surface area contributed by atoms with Crippen molar-refractivity contribution in [1.82, 2.24) is 5.32 Å². The van der Waals surface area contributed by atoms with Gasteiger partial charge in [-0.15, -0.1) is 0 Å². The van der Waals surface area contributed by atoms with E-state index in [-0.39, 0.29) is 25.5 Å². The molecule has 1 amide bonds. The van der Waals surface area contributed by atoms with Crippen LogP contribution in [0.4, 0.5) is 0 Å². The molecule has 2 aromatic rings. The summed E-state index contributed by atoms with van der Waals surface area (Å²) < 4.78 is 10.6. The highest BCUT2D eigenvalue weighted by molar-refractivity contribution is 5.81. The van der Waals surface area contributed by atoms with Crippen LogP contribution in [-0.4, -0.2) is 25.2 Å². The first-order valence-corrected chi connectivity index (χ1v) is 8.52. The fraction of sp³-hybridized carbons (Fsp3) is 0.300. The summed E-state index contributed by atoms with van der Waals surface area (Å²) in [6, 6.07) is 14.9. The van der Waals surface area contributed by atoms with E-state index in [0.29, 0.717) is 18.7 Å². The third-order valence-electron chi connectivity index (χ3n) is 4.26. The Kier molecular flexibility index (Phi) is 5.73. The van der Waals surface area contributed by atoms with Gasteiger partial charge in [-0.25, -0.2) is 0 Å². The number of hydrogen-bond donors (Lipinski definition) is 1. The van der Waals surface area contributed by atoms with E-state index in [4.69, 9.17) is 9.47 Å². The Morgan fingerprint density at radius 2 is 1.81 bits per heavy atom. The van der Waals surface area contributed by atoms with Crippen LogP contribution in [0.2, 0.25) is 0 Å². The van der Waals surface area contributed by atoms with Crippen molar-refractivity contribution in [2.45, 2.75) is 19.3 Å². The Bertz CT molecular complexity index is 775. The number of hydrogen-bond acceptors (Lipinski definition) is 5. The monoisotopic (exact) mass is 354 g/mol. The summed E-state index contributed by atoms with van der Waals surface area (Å²) in [5.74, 6) is -0.928. The van der Waals surface area contributed by atoms with Gasteiger partial charge in [-0.05, 0) is 36.1 Å².